The molecule has 0 aliphatic heterocycles. The second kappa shape index (κ2) is 5.93. The second-order valence-electron chi connectivity index (χ2n) is 4.05. The maximum Gasteiger partial charge on any atom is 0.185 e. The van der Waals surface area contributed by atoms with E-state index >= 15 is 0 Å². The number of halogens is 1. The Morgan fingerprint density at radius 1 is 1.37 bits per heavy atom. The summed E-state index contributed by atoms with van der Waals surface area (Å²) in [6, 6.07) is 7.21. The van der Waals surface area contributed by atoms with E-state index in [4.69, 9.17) is 4.74 Å². The number of methoxy groups -OCH3 is 1. The Balaban J connectivity index is 2.26. The summed E-state index contributed by atoms with van der Waals surface area (Å²) in [6.45, 7) is 1.76. The number of aryl methyl sites for hydroxylation is 1. The molecule has 2 rings (SSSR count). The van der Waals surface area contributed by atoms with Gasteiger partial charge < -0.3 is 4.74 Å². The lowest BCUT2D eigenvalue weighted by Gasteiger charge is -2.08. The van der Waals surface area contributed by atoms with Crippen molar-refractivity contribution in [1.29, 1.82) is 0 Å². The Morgan fingerprint density at radius 3 is 2.84 bits per heavy atom. The Bertz CT molecular complexity index is 614. The van der Waals surface area contributed by atoms with Crippen molar-refractivity contribution in [3.63, 3.8) is 0 Å². The molecule has 0 saturated carbocycles. The first-order valence-corrected chi connectivity index (χ1v) is 6.54. The number of Topliss-reactive ketones (excluding diaryl/α,β-unsaturated/α-hetero) is 1. The summed E-state index contributed by atoms with van der Waals surface area (Å²) < 4.78 is 6.17. The highest BCUT2D eigenvalue weighted by molar-refractivity contribution is 9.10. The second-order valence-corrected chi connectivity index (χ2v) is 4.96. The predicted molar refractivity (Wildman–Crippen MR) is 75.5 cm³/mol. The average molecular weight is 321 g/mol. The third kappa shape index (κ3) is 3.38. The van der Waals surface area contributed by atoms with Crippen molar-refractivity contribution in [3.05, 3.63) is 52.0 Å². The van der Waals surface area contributed by atoms with E-state index in [1.165, 1.54) is 0 Å². The first-order valence-electron chi connectivity index (χ1n) is 5.75. The lowest BCUT2D eigenvalue weighted by molar-refractivity contribution is 0.0987. The summed E-state index contributed by atoms with van der Waals surface area (Å²) in [5.41, 5.74) is 1.26. The molecule has 4 nitrogen and oxygen atoms in total. The fourth-order valence-corrected chi connectivity index (χ4v) is 2.17. The maximum atomic E-state index is 12.2. The molecule has 0 unspecified atom stereocenters. The molecule has 19 heavy (non-hydrogen) atoms. The van der Waals surface area contributed by atoms with Gasteiger partial charge in [0.2, 0.25) is 0 Å². The molecule has 98 valence electrons. The zero-order valence-corrected chi connectivity index (χ0v) is 12.3. The minimum Gasteiger partial charge on any atom is -0.496 e. The Kier molecular flexibility index (Phi) is 4.27. The van der Waals surface area contributed by atoms with Gasteiger partial charge in [0.1, 0.15) is 17.3 Å². The van der Waals surface area contributed by atoms with Gasteiger partial charge in [0.25, 0.3) is 0 Å². The predicted octanol–water partition coefficient (Wildman–Crippen LogP) is 2.98. The quantitative estimate of drug-likeness (QED) is 0.813. The highest BCUT2D eigenvalue weighted by Gasteiger charge is 2.12. The smallest absolute Gasteiger partial charge is 0.185 e. The molecule has 1 aromatic heterocycles. The molecule has 0 aliphatic carbocycles. The Hall–Kier alpha value is -1.75. The van der Waals surface area contributed by atoms with Crippen molar-refractivity contribution >= 4 is 21.7 Å². The highest BCUT2D eigenvalue weighted by Crippen LogP contribution is 2.24. The fourth-order valence-electron chi connectivity index (χ4n) is 1.76. The summed E-state index contributed by atoms with van der Waals surface area (Å²) in [6.07, 6.45) is 1.84. The van der Waals surface area contributed by atoms with Crippen LogP contribution >= 0.6 is 15.9 Å². The molecule has 1 heterocycles. The number of hydrogen-bond donors (Lipinski definition) is 0. The molecule has 5 heteroatoms. The van der Waals surface area contributed by atoms with Crippen LogP contribution in [-0.4, -0.2) is 22.9 Å². The fraction of sp³-hybridized carbons (Fsp3) is 0.214. The topological polar surface area (TPSA) is 52.1 Å². The van der Waals surface area contributed by atoms with E-state index < -0.39 is 0 Å². The van der Waals surface area contributed by atoms with Gasteiger partial charge in [0, 0.05) is 22.7 Å². The van der Waals surface area contributed by atoms with Crippen LogP contribution in [0.1, 0.15) is 21.9 Å². The van der Waals surface area contributed by atoms with Crippen LogP contribution in [0, 0.1) is 6.92 Å². The van der Waals surface area contributed by atoms with Gasteiger partial charge in [0.05, 0.1) is 7.11 Å². The van der Waals surface area contributed by atoms with Crippen molar-refractivity contribution in [1.82, 2.24) is 9.97 Å². The average Bonchev–Trinajstić information content (AvgIpc) is 2.39. The molecule has 0 aliphatic rings. The largest absolute Gasteiger partial charge is 0.496 e. The minimum atomic E-state index is -0.0538. The van der Waals surface area contributed by atoms with E-state index in [-0.39, 0.29) is 12.2 Å². The summed E-state index contributed by atoms with van der Waals surface area (Å²) in [5.74, 6) is 1.23. The Labute approximate surface area is 120 Å². The van der Waals surface area contributed by atoms with Gasteiger partial charge in [-0.1, -0.05) is 15.9 Å². The van der Waals surface area contributed by atoms with Crippen LogP contribution in [0.2, 0.25) is 0 Å². The normalized spacial score (nSPS) is 10.3. The number of hydrogen-bond acceptors (Lipinski definition) is 4. The van der Waals surface area contributed by atoms with Crippen molar-refractivity contribution in [2.24, 2.45) is 0 Å². The van der Waals surface area contributed by atoms with Crippen LogP contribution in [0.4, 0.5) is 0 Å². The number of benzene rings is 1. The molecule has 0 N–H and O–H groups in total. The van der Waals surface area contributed by atoms with Crippen LogP contribution in [0.25, 0.3) is 0 Å². The molecular formula is C14H13BrN2O2. The van der Waals surface area contributed by atoms with Gasteiger partial charge in [-0.25, -0.2) is 9.97 Å². The molecule has 0 fully saturated rings. The summed E-state index contributed by atoms with van der Waals surface area (Å²) in [5, 5.41) is 0. The van der Waals surface area contributed by atoms with Gasteiger partial charge in [-0.2, -0.15) is 0 Å². The van der Waals surface area contributed by atoms with Crippen LogP contribution in [0.3, 0.4) is 0 Å². The summed E-state index contributed by atoms with van der Waals surface area (Å²) in [4.78, 5) is 20.3. The van der Waals surface area contributed by atoms with Crippen LogP contribution < -0.4 is 4.74 Å². The van der Waals surface area contributed by atoms with E-state index in [0.29, 0.717) is 17.3 Å². The van der Waals surface area contributed by atoms with E-state index in [2.05, 4.69) is 25.9 Å². The van der Waals surface area contributed by atoms with Gasteiger partial charge in [-0.05, 0) is 31.2 Å². The molecule has 0 saturated heterocycles. The lowest BCUT2D eigenvalue weighted by atomic mass is 10.1. The molecule has 0 bridgehead atoms. The number of rotatable bonds is 4. The molecule has 2 aromatic rings. The van der Waals surface area contributed by atoms with Gasteiger partial charge in [-0.15, -0.1) is 0 Å². The first kappa shape index (κ1) is 13.7. The monoisotopic (exact) mass is 320 g/mol. The number of carbonyl (C=O) groups is 1. The number of ketones is 1. The minimum absolute atomic E-state index is 0.0538. The van der Waals surface area contributed by atoms with Crippen molar-refractivity contribution in [2.75, 3.05) is 7.11 Å². The van der Waals surface area contributed by atoms with E-state index in [9.17, 15) is 4.79 Å². The van der Waals surface area contributed by atoms with Gasteiger partial charge >= 0.3 is 0 Å². The van der Waals surface area contributed by atoms with E-state index in [1.807, 2.05) is 18.2 Å². The third-order valence-electron chi connectivity index (χ3n) is 2.66. The summed E-state index contributed by atoms with van der Waals surface area (Å²) in [7, 11) is 1.59. The number of carbonyl (C=O) groups excluding carboxylic acids is 1. The van der Waals surface area contributed by atoms with E-state index in [0.717, 1.165) is 10.0 Å². The standard InChI is InChI=1S/C14H13BrN2O2/c1-9-16-6-5-12(17-9)13(18)8-10-7-11(15)3-4-14(10)19-2/h3-7H,8H2,1-2H3. The Morgan fingerprint density at radius 2 is 2.16 bits per heavy atom. The first-order chi connectivity index (χ1) is 9.10. The number of aromatic nitrogens is 2. The van der Waals surface area contributed by atoms with Crippen LogP contribution in [0.5, 0.6) is 5.75 Å². The van der Waals surface area contributed by atoms with Crippen molar-refractivity contribution < 1.29 is 9.53 Å². The molecule has 1 aromatic carbocycles. The molecule has 0 spiro atoms. The summed E-state index contributed by atoms with van der Waals surface area (Å²) >= 11 is 3.39. The molecular weight excluding hydrogens is 308 g/mol. The molecule has 0 amide bonds. The maximum absolute atomic E-state index is 12.2. The number of ether oxygens (including phenoxy) is 1. The zero-order valence-electron chi connectivity index (χ0n) is 10.7. The molecule has 0 radical (unpaired) electrons. The SMILES string of the molecule is COc1ccc(Br)cc1CC(=O)c1ccnc(C)n1. The number of nitrogens with zero attached hydrogens (tertiary/aromatic N) is 2. The van der Waals surface area contributed by atoms with Gasteiger partial charge in [0.15, 0.2) is 5.78 Å². The van der Waals surface area contributed by atoms with Crippen molar-refractivity contribution in [2.45, 2.75) is 13.3 Å². The van der Waals surface area contributed by atoms with Crippen LogP contribution in [0.15, 0.2) is 34.9 Å². The van der Waals surface area contributed by atoms with Gasteiger partial charge in [-0.3, -0.25) is 4.79 Å². The highest BCUT2D eigenvalue weighted by atomic mass is 79.9. The van der Waals surface area contributed by atoms with E-state index in [1.54, 1.807) is 26.3 Å². The lowest BCUT2D eigenvalue weighted by Crippen LogP contribution is -2.08. The van der Waals surface area contributed by atoms with Crippen LogP contribution in [-0.2, 0) is 6.42 Å². The molecule has 0 atom stereocenters. The van der Waals surface area contributed by atoms with Crippen molar-refractivity contribution in [3.8, 4) is 5.75 Å². The third-order valence-corrected chi connectivity index (χ3v) is 3.15. The zero-order chi connectivity index (χ0) is 13.8.